The minimum atomic E-state index is -2.96. The lowest BCUT2D eigenvalue weighted by atomic mass is 10.2. The molecule has 0 atom stereocenters. The Morgan fingerprint density at radius 1 is 1.23 bits per heavy atom. The summed E-state index contributed by atoms with van der Waals surface area (Å²) in [4.78, 5) is 8.97. The molecule has 26 heavy (non-hydrogen) atoms. The SMILES string of the molecule is CN=C(NCCOCCS(C)(=O)=O)N1CCN(c2cccc(C)c2)CC1. The van der Waals surface area contributed by atoms with Gasteiger partial charge in [-0.15, -0.1) is 0 Å². The summed E-state index contributed by atoms with van der Waals surface area (Å²) in [7, 11) is -1.18. The van der Waals surface area contributed by atoms with Crippen molar-refractivity contribution in [1.29, 1.82) is 0 Å². The molecule has 2 rings (SSSR count). The molecule has 1 saturated heterocycles. The molecule has 146 valence electrons. The van der Waals surface area contributed by atoms with Crippen LogP contribution in [0.1, 0.15) is 5.56 Å². The Labute approximate surface area is 157 Å². The molecule has 1 aliphatic heterocycles. The van der Waals surface area contributed by atoms with Gasteiger partial charge in [-0.05, 0) is 24.6 Å². The average Bonchev–Trinajstić information content (AvgIpc) is 2.60. The van der Waals surface area contributed by atoms with E-state index in [0.29, 0.717) is 13.2 Å². The van der Waals surface area contributed by atoms with Crippen molar-refractivity contribution in [3.63, 3.8) is 0 Å². The van der Waals surface area contributed by atoms with Crippen LogP contribution in [0, 0.1) is 6.92 Å². The van der Waals surface area contributed by atoms with E-state index in [9.17, 15) is 8.42 Å². The number of piperazine rings is 1. The van der Waals surface area contributed by atoms with Gasteiger partial charge >= 0.3 is 0 Å². The number of guanidine groups is 1. The minimum Gasteiger partial charge on any atom is -0.379 e. The zero-order valence-electron chi connectivity index (χ0n) is 15.9. The molecule has 8 heteroatoms. The van der Waals surface area contributed by atoms with Crippen LogP contribution in [0.3, 0.4) is 0 Å². The minimum absolute atomic E-state index is 0.0582. The largest absolute Gasteiger partial charge is 0.379 e. The maximum Gasteiger partial charge on any atom is 0.193 e. The summed E-state index contributed by atoms with van der Waals surface area (Å²) in [6, 6.07) is 8.59. The van der Waals surface area contributed by atoms with Gasteiger partial charge in [-0.1, -0.05) is 12.1 Å². The first-order chi connectivity index (χ1) is 12.4. The van der Waals surface area contributed by atoms with Crippen molar-refractivity contribution < 1.29 is 13.2 Å². The molecule has 0 radical (unpaired) electrons. The summed E-state index contributed by atoms with van der Waals surface area (Å²) in [5, 5.41) is 3.28. The fourth-order valence-corrected chi connectivity index (χ4v) is 3.30. The van der Waals surface area contributed by atoms with Crippen molar-refractivity contribution in [3.05, 3.63) is 29.8 Å². The van der Waals surface area contributed by atoms with Crippen LogP contribution >= 0.6 is 0 Å². The van der Waals surface area contributed by atoms with Crippen molar-refractivity contribution >= 4 is 21.5 Å². The summed E-state index contributed by atoms with van der Waals surface area (Å²) < 4.78 is 27.4. The molecule has 1 aliphatic rings. The number of rotatable bonds is 7. The molecule has 1 aromatic carbocycles. The Bertz CT molecular complexity index is 698. The van der Waals surface area contributed by atoms with E-state index in [4.69, 9.17) is 4.74 Å². The third-order valence-electron chi connectivity index (χ3n) is 4.29. The zero-order chi connectivity index (χ0) is 19.0. The molecule has 0 unspecified atom stereocenters. The Hall–Kier alpha value is -1.80. The Kier molecular flexibility index (Phi) is 7.71. The lowest BCUT2D eigenvalue weighted by Crippen LogP contribution is -2.53. The van der Waals surface area contributed by atoms with Gasteiger partial charge in [-0.3, -0.25) is 4.99 Å². The maximum absolute atomic E-state index is 11.0. The summed E-state index contributed by atoms with van der Waals surface area (Å²) in [5.74, 6) is 0.920. The molecule has 1 aromatic rings. The van der Waals surface area contributed by atoms with Gasteiger partial charge in [0.1, 0.15) is 9.84 Å². The van der Waals surface area contributed by atoms with Gasteiger partial charge in [-0.2, -0.15) is 0 Å². The van der Waals surface area contributed by atoms with Crippen LogP contribution < -0.4 is 10.2 Å². The van der Waals surface area contributed by atoms with Crippen molar-refractivity contribution in [2.75, 3.05) is 69.9 Å². The first kappa shape index (κ1) is 20.5. The third-order valence-corrected chi connectivity index (χ3v) is 5.19. The standard InChI is InChI=1S/C18H30N4O3S/c1-16-5-4-6-17(15-16)21-8-10-22(11-9-21)18(19-2)20-7-12-25-13-14-26(3,23)24/h4-6,15H,7-14H2,1-3H3,(H,19,20). The first-order valence-electron chi connectivity index (χ1n) is 8.92. The lowest BCUT2D eigenvalue weighted by molar-refractivity contribution is 0.153. The molecular formula is C18H30N4O3S. The van der Waals surface area contributed by atoms with Crippen molar-refractivity contribution in [2.45, 2.75) is 6.92 Å². The lowest BCUT2D eigenvalue weighted by Gasteiger charge is -2.37. The number of nitrogens with zero attached hydrogens (tertiary/aromatic N) is 3. The molecular weight excluding hydrogens is 352 g/mol. The predicted molar refractivity (Wildman–Crippen MR) is 107 cm³/mol. The van der Waals surface area contributed by atoms with Gasteiger partial charge in [0, 0.05) is 51.7 Å². The van der Waals surface area contributed by atoms with E-state index >= 15 is 0 Å². The molecule has 7 nitrogen and oxygen atoms in total. The molecule has 0 aliphatic carbocycles. The Morgan fingerprint density at radius 3 is 2.58 bits per heavy atom. The third kappa shape index (κ3) is 6.84. The molecule has 0 bridgehead atoms. The molecule has 1 heterocycles. The van der Waals surface area contributed by atoms with Gasteiger partial charge in [0.2, 0.25) is 0 Å². The summed E-state index contributed by atoms with van der Waals surface area (Å²) in [6.45, 7) is 7.12. The van der Waals surface area contributed by atoms with E-state index in [1.807, 2.05) is 0 Å². The van der Waals surface area contributed by atoms with Crippen LogP contribution in [0.4, 0.5) is 5.69 Å². The van der Waals surface area contributed by atoms with Gasteiger partial charge < -0.3 is 19.9 Å². The fourth-order valence-electron chi connectivity index (χ4n) is 2.88. The van der Waals surface area contributed by atoms with Crippen LogP contribution in [-0.2, 0) is 14.6 Å². The van der Waals surface area contributed by atoms with E-state index in [0.717, 1.165) is 32.1 Å². The number of sulfone groups is 1. The van der Waals surface area contributed by atoms with E-state index in [-0.39, 0.29) is 12.4 Å². The smallest absolute Gasteiger partial charge is 0.193 e. The highest BCUT2D eigenvalue weighted by molar-refractivity contribution is 7.90. The highest BCUT2D eigenvalue weighted by Crippen LogP contribution is 2.17. The van der Waals surface area contributed by atoms with E-state index in [2.05, 4.69) is 51.3 Å². The van der Waals surface area contributed by atoms with Gasteiger partial charge in [0.15, 0.2) is 5.96 Å². The second kappa shape index (κ2) is 9.78. The molecule has 1 fully saturated rings. The van der Waals surface area contributed by atoms with Gasteiger partial charge in [0.25, 0.3) is 0 Å². The second-order valence-corrected chi connectivity index (χ2v) is 8.79. The van der Waals surface area contributed by atoms with Crippen molar-refractivity contribution in [2.24, 2.45) is 4.99 Å². The van der Waals surface area contributed by atoms with Crippen LogP contribution in [0.5, 0.6) is 0 Å². The summed E-state index contributed by atoms with van der Waals surface area (Å²) in [5.41, 5.74) is 2.55. The summed E-state index contributed by atoms with van der Waals surface area (Å²) in [6.07, 6.45) is 1.22. The zero-order valence-corrected chi connectivity index (χ0v) is 16.8. The van der Waals surface area contributed by atoms with E-state index in [1.54, 1.807) is 7.05 Å². The second-order valence-electron chi connectivity index (χ2n) is 6.53. The van der Waals surface area contributed by atoms with Gasteiger partial charge in [-0.25, -0.2) is 8.42 Å². The average molecular weight is 383 g/mol. The molecule has 0 saturated carbocycles. The normalized spacial score (nSPS) is 16.0. The molecule has 0 spiro atoms. The molecule has 1 N–H and O–H groups in total. The predicted octanol–water partition coefficient (Wildman–Crippen LogP) is 0.754. The Balaban J connectivity index is 1.71. The number of aliphatic imine (C=N–C) groups is 1. The van der Waals surface area contributed by atoms with E-state index in [1.165, 1.54) is 17.5 Å². The number of hydrogen-bond acceptors (Lipinski definition) is 5. The maximum atomic E-state index is 11.0. The number of nitrogens with one attached hydrogen (secondary N) is 1. The van der Waals surface area contributed by atoms with E-state index < -0.39 is 9.84 Å². The topological polar surface area (TPSA) is 74.2 Å². The fraction of sp³-hybridized carbons (Fsp3) is 0.611. The van der Waals surface area contributed by atoms with Crippen LogP contribution in [-0.4, -0.2) is 84.3 Å². The first-order valence-corrected chi connectivity index (χ1v) is 11.0. The van der Waals surface area contributed by atoms with Crippen molar-refractivity contribution in [3.8, 4) is 0 Å². The quantitative estimate of drug-likeness (QED) is 0.426. The van der Waals surface area contributed by atoms with Crippen LogP contribution in [0.2, 0.25) is 0 Å². The number of benzene rings is 1. The highest BCUT2D eigenvalue weighted by Gasteiger charge is 2.19. The molecule has 0 amide bonds. The van der Waals surface area contributed by atoms with Crippen molar-refractivity contribution in [1.82, 2.24) is 10.2 Å². The monoisotopic (exact) mass is 382 g/mol. The molecule has 0 aromatic heterocycles. The van der Waals surface area contributed by atoms with Crippen LogP contribution in [0.15, 0.2) is 29.3 Å². The Morgan fingerprint density at radius 2 is 1.96 bits per heavy atom. The number of ether oxygens (including phenoxy) is 1. The van der Waals surface area contributed by atoms with Gasteiger partial charge in [0.05, 0.1) is 19.0 Å². The van der Waals surface area contributed by atoms with Crippen LogP contribution in [0.25, 0.3) is 0 Å². The number of anilines is 1. The summed E-state index contributed by atoms with van der Waals surface area (Å²) >= 11 is 0. The highest BCUT2D eigenvalue weighted by atomic mass is 32.2. The number of hydrogen-bond donors (Lipinski definition) is 1. The number of aryl methyl sites for hydroxylation is 1.